The molecule has 0 aromatic heterocycles. The molecule has 0 aromatic carbocycles. The van der Waals surface area contributed by atoms with E-state index in [2.05, 4.69) is 22.5 Å². The van der Waals surface area contributed by atoms with E-state index in [1.54, 1.807) is 0 Å². The maximum atomic E-state index is 11.8. The highest BCUT2D eigenvalue weighted by atomic mass is 16.3. The van der Waals surface area contributed by atoms with Crippen LogP contribution in [0.2, 0.25) is 0 Å². The zero-order chi connectivity index (χ0) is 14.8. The number of piperidine rings is 1. The van der Waals surface area contributed by atoms with Crippen molar-refractivity contribution < 1.29 is 9.90 Å². The molecular formula is C15H31N3O2. The lowest BCUT2D eigenvalue weighted by atomic mass is 10.0. The van der Waals surface area contributed by atoms with Crippen molar-refractivity contribution in [3.05, 3.63) is 0 Å². The summed E-state index contributed by atoms with van der Waals surface area (Å²) < 4.78 is 0. The average Bonchev–Trinajstić information content (AvgIpc) is 2.45. The van der Waals surface area contributed by atoms with Crippen LogP contribution in [0.25, 0.3) is 0 Å². The van der Waals surface area contributed by atoms with Gasteiger partial charge in [-0.25, -0.2) is 4.79 Å². The van der Waals surface area contributed by atoms with E-state index >= 15 is 0 Å². The molecule has 1 aliphatic rings. The highest BCUT2D eigenvalue weighted by Gasteiger charge is 2.20. The van der Waals surface area contributed by atoms with E-state index in [1.807, 2.05) is 6.92 Å². The van der Waals surface area contributed by atoms with Crippen LogP contribution >= 0.6 is 0 Å². The molecule has 0 aliphatic carbocycles. The Balaban J connectivity index is 2.11. The number of urea groups is 1. The third-order valence-corrected chi connectivity index (χ3v) is 3.98. The number of aliphatic hydroxyl groups is 1. The Morgan fingerprint density at radius 1 is 1.40 bits per heavy atom. The van der Waals surface area contributed by atoms with Gasteiger partial charge in [0.05, 0.1) is 0 Å². The molecule has 20 heavy (non-hydrogen) atoms. The highest BCUT2D eigenvalue weighted by Crippen LogP contribution is 2.11. The molecule has 1 heterocycles. The molecule has 1 rings (SSSR count). The fourth-order valence-corrected chi connectivity index (χ4v) is 2.51. The lowest BCUT2D eigenvalue weighted by molar-refractivity contribution is 0.189. The van der Waals surface area contributed by atoms with Gasteiger partial charge < -0.3 is 20.6 Å². The van der Waals surface area contributed by atoms with Gasteiger partial charge in [0.2, 0.25) is 0 Å². The van der Waals surface area contributed by atoms with E-state index in [9.17, 15) is 4.79 Å². The van der Waals surface area contributed by atoms with Gasteiger partial charge in [-0.2, -0.15) is 0 Å². The molecule has 5 nitrogen and oxygen atoms in total. The standard InChI is InChI=1S/C15H31N3O2/c1-3-4-8-18-9-5-14(6-10-18)17-15(20)16-12-13(2)7-11-19/h13-14,19H,3-12H2,1-2H3,(H2,16,17,20). The molecule has 1 aliphatic heterocycles. The van der Waals surface area contributed by atoms with Gasteiger partial charge >= 0.3 is 6.03 Å². The summed E-state index contributed by atoms with van der Waals surface area (Å²) in [6.07, 6.45) is 5.33. The number of hydrogen-bond donors (Lipinski definition) is 3. The fourth-order valence-electron chi connectivity index (χ4n) is 2.51. The quantitative estimate of drug-likeness (QED) is 0.634. The number of nitrogens with zero attached hydrogens (tertiary/aromatic N) is 1. The third-order valence-electron chi connectivity index (χ3n) is 3.98. The molecule has 0 aromatic rings. The first-order valence-corrected chi connectivity index (χ1v) is 8.03. The van der Waals surface area contributed by atoms with E-state index in [-0.39, 0.29) is 12.6 Å². The summed E-state index contributed by atoms with van der Waals surface area (Å²) in [6, 6.07) is 0.239. The first-order chi connectivity index (χ1) is 9.65. The van der Waals surface area contributed by atoms with Gasteiger partial charge in [-0.15, -0.1) is 0 Å². The molecule has 0 saturated carbocycles. The summed E-state index contributed by atoms with van der Waals surface area (Å²) in [4.78, 5) is 14.3. The van der Waals surface area contributed by atoms with Crippen molar-refractivity contribution in [3.8, 4) is 0 Å². The minimum absolute atomic E-state index is 0.0678. The van der Waals surface area contributed by atoms with Crippen LogP contribution in [-0.2, 0) is 0 Å². The zero-order valence-corrected chi connectivity index (χ0v) is 13.0. The Morgan fingerprint density at radius 2 is 2.10 bits per heavy atom. The number of aliphatic hydroxyl groups excluding tert-OH is 1. The number of unbranched alkanes of at least 4 members (excludes halogenated alkanes) is 1. The molecule has 2 amide bonds. The Kier molecular flexibility index (Phi) is 8.62. The van der Waals surface area contributed by atoms with Gasteiger partial charge in [0.25, 0.3) is 0 Å². The van der Waals surface area contributed by atoms with Crippen LogP contribution in [0.5, 0.6) is 0 Å². The fraction of sp³-hybridized carbons (Fsp3) is 0.933. The SMILES string of the molecule is CCCCN1CCC(NC(=O)NCC(C)CCO)CC1. The summed E-state index contributed by atoms with van der Waals surface area (Å²) in [5.74, 6) is 0.321. The van der Waals surface area contributed by atoms with Crippen LogP contribution in [-0.4, -0.2) is 54.9 Å². The van der Waals surface area contributed by atoms with Crippen LogP contribution in [0.3, 0.4) is 0 Å². The van der Waals surface area contributed by atoms with Crippen LogP contribution in [0.4, 0.5) is 4.79 Å². The summed E-state index contributed by atoms with van der Waals surface area (Å²) in [5, 5.41) is 14.8. The van der Waals surface area contributed by atoms with E-state index < -0.39 is 0 Å². The predicted molar refractivity (Wildman–Crippen MR) is 81.8 cm³/mol. The number of hydrogen-bond acceptors (Lipinski definition) is 3. The largest absolute Gasteiger partial charge is 0.396 e. The molecule has 1 saturated heterocycles. The zero-order valence-electron chi connectivity index (χ0n) is 13.0. The van der Waals surface area contributed by atoms with Gasteiger partial charge in [-0.1, -0.05) is 20.3 Å². The van der Waals surface area contributed by atoms with Crippen molar-refractivity contribution in [3.63, 3.8) is 0 Å². The Hall–Kier alpha value is -0.810. The molecule has 118 valence electrons. The third kappa shape index (κ3) is 7.10. The summed E-state index contributed by atoms with van der Waals surface area (Å²) in [7, 11) is 0. The molecule has 0 spiro atoms. The smallest absolute Gasteiger partial charge is 0.315 e. The maximum Gasteiger partial charge on any atom is 0.315 e. The van der Waals surface area contributed by atoms with Crippen molar-refractivity contribution in [2.24, 2.45) is 5.92 Å². The van der Waals surface area contributed by atoms with Gasteiger partial charge in [-0.3, -0.25) is 0 Å². The second-order valence-corrected chi connectivity index (χ2v) is 5.94. The lowest BCUT2D eigenvalue weighted by Crippen LogP contribution is -2.48. The first kappa shape index (κ1) is 17.2. The molecular weight excluding hydrogens is 254 g/mol. The lowest BCUT2D eigenvalue weighted by Gasteiger charge is -2.32. The number of amides is 2. The molecule has 1 fully saturated rings. The maximum absolute atomic E-state index is 11.8. The Labute approximate surface area is 123 Å². The summed E-state index contributed by atoms with van der Waals surface area (Å²) >= 11 is 0. The number of likely N-dealkylation sites (tertiary alicyclic amines) is 1. The monoisotopic (exact) mass is 285 g/mol. The second-order valence-electron chi connectivity index (χ2n) is 5.94. The van der Waals surface area contributed by atoms with Crippen molar-refractivity contribution in [1.29, 1.82) is 0 Å². The van der Waals surface area contributed by atoms with Crippen molar-refractivity contribution in [2.75, 3.05) is 32.8 Å². The summed E-state index contributed by atoms with van der Waals surface area (Å²) in [5.41, 5.74) is 0. The molecule has 3 N–H and O–H groups in total. The minimum Gasteiger partial charge on any atom is -0.396 e. The van der Waals surface area contributed by atoms with Gasteiger partial charge in [-0.05, 0) is 38.1 Å². The number of carbonyl (C=O) groups excluding carboxylic acids is 1. The van der Waals surface area contributed by atoms with Crippen molar-refractivity contribution in [1.82, 2.24) is 15.5 Å². The van der Waals surface area contributed by atoms with E-state index in [4.69, 9.17) is 5.11 Å². The first-order valence-electron chi connectivity index (χ1n) is 8.03. The van der Waals surface area contributed by atoms with Crippen LogP contribution in [0.1, 0.15) is 46.0 Å². The minimum atomic E-state index is -0.0678. The molecule has 5 heteroatoms. The van der Waals surface area contributed by atoms with Crippen molar-refractivity contribution >= 4 is 6.03 Å². The number of nitrogens with one attached hydrogen (secondary N) is 2. The predicted octanol–water partition coefficient (Wildman–Crippen LogP) is 1.57. The molecule has 0 bridgehead atoms. The molecule has 1 atom stereocenters. The number of rotatable bonds is 8. The van der Waals surface area contributed by atoms with Crippen LogP contribution in [0.15, 0.2) is 0 Å². The van der Waals surface area contributed by atoms with E-state index in [1.165, 1.54) is 19.4 Å². The normalized spacial score (nSPS) is 18.8. The number of carbonyl (C=O) groups is 1. The van der Waals surface area contributed by atoms with Crippen molar-refractivity contribution in [2.45, 2.75) is 52.0 Å². The van der Waals surface area contributed by atoms with E-state index in [0.29, 0.717) is 18.5 Å². The Morgan fingerprint density at radius 3 is 2.70 bits per heavy atom. The van der Waals surface area contributed by atoms with E-state index in [0.717, 1.165) is 32.4 Å². The molecule has 1 unspecified atom stereocenters. The van der Waals surface area contributed by atoms with Gasteiger partial charge in [0.15, 0.2) is 0 Å². The van der Waals surface area contributed by atoms with Gasteiger partial charge in [0, 0.05) is 32.3 Å². The highest BCUT2D eigenvalue weighted by molar-refractivity contribution is 5.74. The summed E-state index contributed by atoms with van der Waals surface area (Å²) in [6.45, 7) is 8.42. The topological polar surface area (TPSA) is 64.6 Å². The van der Waals surface area contributed by atoms with Crippen LogP contribution < -0.4 is 10.6 Å². The molecule has 0 radical (unpaired) electrons. The second kappa shape index (κ2) is 10.00. The Bertz CT molecular complexity index is 266. The average molecular weight is 285 g/mol. The van der Waals surface area contributed by atoms with Crippen LogP contribution in [0, 0.1) is 5.92 Å². The van der Waals surface area contributed by atoms with Gasteiger partial charge in [0.1, 0.15) is 0 Å².